The van der Waals surface area contributed by atoms with Crippen molar-refractivity contribution in [2.24, 2.45) is 0 Å². The van der Waals surface area contributed by atoms with Crippen molar-refractivity contribution in [1.29, 1.82) is 0 Å². The van der Waals surface area contributed by atoms with Crippen LogP contribution in [0.4, 0.5) is 18.9 Å². The minimum Gasteiger partial charge on any atom is -0.484 e. The molecule has 10 heteroatoms. The van der Waals surface area contributed by atoms with Crippen LogP contribution in [0.15, 0.2) is 58.2 Å². The lowest BCUT2D eigenvalue weighted by Gasteiger charge is -2.09. The van der Waals surface area contributed by atoms with Gasteiger partial charge >= 0.3 is 6.18 Å². The Kier molecular flexibility index (Phi) is 6.99. The first-order valence-corrected chi connectivity index (χ1v) is 9.96. The summed E-state index contributed by atoms with van der Waals surface area (Å²) in [6, 6.07) is 12.0. The molecule has 0 spiro atoms. The normalized spacial score (nSPS) is 11.3. The van der Waals surface area contributed by atoms with Crippen LogP contribution in [0.25, 0.3) is 0 Å². The smallest absolute Gasteiger partial charge is 0.416 e. The molecule has 1 amide bonds. The summed E-state index contributed by atoms with van der Waals surface area (Å²) in [7, 11) is 0. The Morgan fingerprint density at radius 1 is 1.17 bits per heavy atom. The van der Waals surface area contributed by atoms with Crippen LogP contribution in [0, 0.1) is 0 Å². The van der Waals surface area contributed by atoms with Crippen LogP contribution in [-0.2, 0) is 24.0 Å². The van der Waals surface area contributed by atoms with Crippen molar-refractivity contribution < 1.29 is 27.1 Å². The highest BCUT2D eigenvalue weighted by Crippen LogP contribution is 2.30. The standard InChI is InChI=1S/C20H18F3N3O3S/c1-2-13-6-8-16(9-7-13)28-11-18-25-26-19(29-18)30-12-17(27)24-15-5-3-4-14(10-15)20(21,22)23/h3-10H,2,11-12H2,1H3,(H,24,27). The molecule has 0 fully saturated rings. The average molecular weight is 437 g/mol. The fourth-order valence-electron chi connectivity index (χ4n) is 2.42. The van der Waals surface area contributed by atoms with Crippen LogP contribution in [-0.4, -0.2) is 21.9 Å². The molecule has 1 aromatic heterocycles. The SMILES string of the molecule is CCc1ccc(OCc2nnc(SCC(=O)Nc3cccc(C(F)(F)F)c3)o2)cc1. The van der Waals surface area contributed by atoms with E-state index in [0.717, 1.165) is 30.3 Å². The van der Waals surface area contributed by atoms with Gasteiger partial charge in [-0.05, 0) is 42.3 Å². The van der Waals surface area contributed by atoms with Gasteiger partial charge in [0.25, 0.3) is 11.1 Å². The van der Waals surface area contributed by atoms with Gasteiger partial charge in [0.1, 0.15) is 5.75 Å². The fourth-order valence-corrected chi connectivity index (χ4v) is 3.00. The van der Waals surface area contributed by atoms with Crippen molar-refractivity contribution in [3.63, 3.8) is 0 Å². The summed E-state index contributed by atoms with van der Waals surface area (Å²) in [4.78, 5) is 12.0. The number of thioether (sulfide) groups is 1. The average Bonchev–Trinajstić information content (AvgIpc) is 3.19. The summed E-state index contributed by atoms with van der Waals surface area (Å²) in [5.41, 5.74) is 0.421. The van der Waals surface area contributed by atoms with E-state index >= 15 is 0 Å². The second-order valence-electron chi connectivity index (χ2n) is 6.16. The topological polar surface area (TPSA) is 77.2 Å². The molecular weight excluding hydrogens is 419 g/mol. The van der Waals surface area contributed by atoms with Crippen LogP contribution >= 0.6 is 11.8 Å². The maximum Gasteiger partial charge on any atom is 0.416 e. The molecule has 0 aliphatic heterocycles. The number of ether oxygens (including phenoxy) is 1. The molecule has 6 nitrogen and oxygen atoms in total. The first kappa shape index (κ1) is 21.7. The molecule has 0 bridgehead atoms. The number of carbonyl (C=O) groups is 1. The minimum absolute atomic E-state index is 0.0594. The van der Waals surface area contributed by atoms with Crippen LogP contribution < -0.4 is 10.1 Å². The third-order valence-electron chi connectivity index (χ3n) is 3.94. The Balaban J connectivity index is 1.47. The van der Waals surface area contributed by atoms with Crippen molar-refractivity contribution in [1.82, 2.24) is 10.2 Å². The van der Waals surface area contributed by atoms with Gasteiger partial charge in [-0.25, -0.2) is 0 Å². The highest BCUT2D eigenvalue weighted by atomic mass is 32.2. The molecule has 0 aliphatic carbocycles. The van der Waals surface area contributed by atoms with E-state index in [0.29, 0.717) is 5.75 Å². The lowest BCUT2D eigenvalue weighted by molar-refractivity contribution is -0.137. The number of hydrogen-bond donors (Lipinski definition) is 1. The third kappa shape index (κ3) is 6.24. The Morgan fingerprint density at radius 2 is 1.93 bits per heavy atom. The Morgan fingerprint density at radius 3 is 2.63 bits per heavy atom. The van der Waals surface area contributed by atoms with Crippen LogP contribution in [0.1, 0.15) is 23.9 Å². The first-order valence-electron chi connectivity index (χ1n) is 8.97. The molecule has 0 saturated carbocycles. The zero-order valence-electron chi connectivity index (χ0n) is 15.9. The quantitative estimate of drug-likeness (QED) is 0.502. The summed E-state index contributed by atoms with van der Waals surface area (Å²) >= 11 is 0.975. The molecule has 0 radical (unpaired) electrons. The number of benzene rings is 2. The molecule has 1 N–H and O–H groups in total. The van der Waals surface area contributed by atoms with Gasteiger partial charge in [0.05, 0.1) is 11.3 Å². The number of amides is 1. The van der Waals surface area contributed by atoms with Crippen LogP contribution in [0.3, 0.4) is 0 Å². The molecule has 3 rings (SSSR count). The summed E-state index contributed by atoms with van der Waals surface area (Å²) < 4.78 is 49.2. The highest BCUT2D eigenvalue weighted by molar-refractivity contribution is 7.99. The lowest BCUT2D eigenvalue weighted by Crippen LogP contribution is -2.15. The predicted octanol–water partition coefficient (Wildman–Crippen LogP) is 4.96. The van der Waals surface area contributed by atoms with E-state index < -0.39 is 17.6 Å². The summed E-state index contributed by atoms with van der Waals surface area (Å²) in [5, 5.41) is 10.2. The molecule has 158 valence electrons. The molecule has 2 aromatic carbocycles. The van der Waals surface area contributed by atoms with E-state index in [1.54, 1.807) is 0 Å². The largest absolute Gasteiger partial charge is 0.484 e. The number of nitrogens with one attached hydrogen (secondary N) is 1. The number of hydrogen-bond acceptors (Lipinski definition) is 6. The van der Waals surface area contributed by atoms with Gasteiger partial charge in [-0.2, -0.15) is 13.2 Å². The van der Waals surface area contributed by atoms with Gasteiger partial charge in [-0.15, -0.1) is 10.2 Å². The maximum absolute atomic E-state index is 12.7. The Bertz CT molecular complexity index is 991. The number of aryl methyl sites for hydroxylation is 1. The zero-order chi connectivity index (χ0) is 21.6. The van der Waals surface area contributed by atoms with Gasteiger partial charge in [0, 0.05) is 5.69 Å². The predicted molar refractivity (Wildman–Crippen MR) is 105 cm³/mol. The maximum atomic E-state index is 12.7. The zero-order valence-corrected chi connectivity index (χ0v) is 16.7. The second kappa shape index (κ2) is 9.66. The third-order valence-corrected chi connectivity index (χ3v) is 4.76. The van der Waals surface area contributed by atoms with E-state index in [-0.39, 0.29) is 29.2 Å². The van der Waals surface area contributed by atoms with Crippen molar-refractivity contribution >= 4 is 23.4 Å². The second-order valence-corrected chi connectivity index (χ2v) is 7.09. The van der Waals surface area contributed by atoms with E-state index in [2.05, 4.69) is 22.4 Å². The first-order chi connectivity index (χ1) is 14.3. The Labute approximate surface area is 174 Å². The number of nitrogens with zero attached hydrogens (tertiary/aromatic N) is 2. The van der Waals surface area contributed by atoms with Crippen LogP contribution in [0.2, 0.25) is 0 Å². The molecule has 0 atom stereocenters. The number of halogens is 3. The van der Waals surface area contributed by atoms with Crippen molar-refractivity contribution in [3.8, 4) is 5.75 Å². The molecular formula is C20H18F3N3O3S. The number of carbonyl (C=O) groups excluding carboxylic acids is 1. The summed E-state index contributed by atoms with van der Waals surface area (Å²) in [5.74, 6) is 0.318. The van der Waals surface area contributed by atoms with Gasteiger partial charge in [0.15, 0.2) is 6.61 Å². The lowest BCUT2D eigenvalue weighted by atomic mass is 10.2. The fraction of sp³-hybridized carbons (Fsp3) is 0.250. The van der Waals surface area contributed by atoms with Crippen molar-refractivity contribution in [3.05, 3.63) is 65.5 Å². The van der Waals surface area contributed by atoms with E-state index in [1.165, 1.54) is 17.7 Å². The number of alkyl halides is 3. The number of aromatic nitrogens is 2. The number of rotatable bonds is 8. The van der Waals surface area contributed by atoms with Gasteiger partial charge in [-0.1, -0.05) is 36.9 Å². The summed E-state index contributed by atoms with van der Waals surface area (Å²) in [6.07, 6.45) is -3.54. The highest BCUT2D eigenvalue weighted by Gasteiger charge is 2.30. The molecule has 30 heavy (non-hydrogen) atoms. The van der Waals surface area contributed by atoms with Gasteiger partial charge in [-0.3, -0.25) is 4.79 Å². The summed E-state index contributed by atoms with van der Waals surface area (Å²) in [6.45, 7) is 2.14. The number of anilines is 1. The van der Waals surface area contributed by atoms with E-state index in [9.17, 15) is 18.0 Å². The van der Waals surface area contributed by atoms with Gasteiger partial charge in [0.2, 0.25) is 5.91 Å². The molecule has 0 unspecified atom stereocenters. The van der Waals surface area contributed by atoms with Crippen LogP contribution in [0.5, 0.6) is 5.75 Å². The minimum atomic E-state index is -4.48. The van der Waals surface area contributed by atoms with Crippen molar-refractivity contribution in [2.75, 3.05) is 11.1 Å². The van der Waals surface area contributed by atoms with E-state index in [4.69, 9.17) is 9.15 Å². The van der Waals surface area contributed by atoms with E-state index in [1.807, 2.05) is 24.3 Å². The van der Waals surface area contributed by atoms with Crippen molar-refractivity contribution in [2.45, 2.75) is 31.4 Å². The molecule has 0 saturated heterocycles. The van der Waals surface area contributed by atoms with Gasteiger partial charge < -0.3 is 14.5 Å². The Hall–Kier alpha value is -3.01. The molecule has 1 heterocycles. The molecule has 3 aromatic rings. The molecule has 0 aliphatic rings. The monoisotopic (exact) mass is 437 g/mol.